The number of carbonyl (C=O) groups excluding carboxylic acids is 2. The van der Waals surface area contributed by atoms with Crippen LogP contribution in [0.15, 0.2) is 35.1 Å². The van der Waals surface area contributed by atoms with Crippen LogP contribution >= 0.6 is 11.3 Å². The summed E-state index contributed by atoms with van der Waals surface area (Å²) in [4.78, 5) is 39.8. The Bertz CT molecular complexity index is 1140. The molecule has 0 aliphatic heterocycles. The third kappa shape index (κ3) is 4.00. The lowest BCUT2D eigenvalue weighted by Gasteiger charge is -2.11. The molecule has 0 fully saturated rings. The monoisotopic (exact) mass is 424 g/mol. The minimum Gasteiger partial charge on any atom is -0.267 e. The summed E-state index contributed by atoms with van der Waals surface area (Å²) in [6, 6.07) is 8.81. The van der Waals surface area contributed by atoms with Gasteiger partial charge in [-0.25, -0.2) is 4.68 Å². The molecule has 2 N–H and O–H groups in total. The van der Waals surface area contributed by atoms with Gasteiger partial charge in [0.1, 0.15) is 0 Å². The highest BCUT2D eigenvalue weighted by atomic mass is 32.1. The van der Waals surface area contributed by atoms with Gasteiger partial charge in [-0.1, -0.05) is 38.0 Å². The minimum absolute atomic E-state index is 0.121. The van der Waals surface area contributed by atoms with Gasteiger partial charge in [0.25, 0.3) is 17.4 Å². The van der Waals surface area contributed by atoms with Crippen molar-refractivity contribution in [3.63, 3.8) is 0 Å². The molecule has 2 aromatic heterocycles. The van der Waals surface area contributed by atoms with E-state index in [4.69, 9.17) is 0 Å². The molecule has 7 nitrogen and oxygen atoms in total. The van der Waals surface area contributed by atoms with Gasteiger partial charge in [-0.15, -0.1) is 11.3 Å². The molecule has 156 valence electrons. The van der Waals surface area contributed by atoms with Crippen LogP contribution in [0.4, 0.5) is 0 Å². The maximum Gasteiger partial charge on any atom is 0.290 e. The molecule has 8 heteroatoms. The minimum atomic E-state index is -0.548. The van der Waals surface area contributed by atoms with Crippen LogP contribution in [0, 0.1) is 0 Å². The first-order valence-electron chi connectivity index (χ1n) is 10.3. The zero-order valence-electron chi connectivity index (χ0n) is 16.9. The number of nitrogens with zero attached hydrogens (tertiary/aromatic N) is 2. The van der Waals surface area contributed by atoms with Crippen molar-refractivity contribution < 1.29 is 9.59 Å². The van der Waals surface area contributed by atoms with Crippen molar-refractivity contribution in [1.82, 2.24) is 20.6 Å². The van der Waals surface area contributed by atoms with Crippen molar-refractivity contribution >= 4 is 33.9 Å². The van der Waals surface area contributed by atoms with Gasteiger partial charge in [0.05, 0.1) is 10.3 Å². The molecule has 0 bridgehead atoms. The summed E-state index contributed by atoms with van der Waals surface area (Å²) >= 11 is 1.47. The van der Waals surface area contributed by atoms with Gasteiger partial charge in [0.2, 0.25) is 0 Å². The van der Waals surface area contributed by atoms with Crippen LogP contribution < -0.4 is 16.4 Å². The molecule has 1 aromatic carbocycles. The van der Waals surface area contributed by atoms with Crippen LogP contribution in [0.5, 0.6) is 0 Å². The molecule has 3 aromatic rings. The number of hydrazine groups is 1. The Hall–Kier alpha value is -3.00. The number of carbonyl (C=O) groups is 2. The lowest BCUT2D eigenvalue weighted by Crippen LogP contribution is -2.42. The highest BCUT2D eigenvalue weighted by Crippen LogP contribution is 2.30. The molecule has 2 heterocycles. The molecule has 0 radical (unpaired) electrons. The smallest absolute Gasteiger partial charge is 0.267 e. The Kier molecular flexibility index (Phi) is 5.94. The van der Waals surface area contributed by atoms with E-state index >= 15 is 0 Å². The molecule has 0 atom stereocenters. The number of aryl methyl sites for hydroxylation is 3. The third-order valence-corrected chi connectivity index (χ3v) is 6.55. The Morgan fingerprint density at radius 3 is 2.63 bits per heavy atom. The van der Waals surface area contributed by atoms with Gasteiger partial charge < -0.3 is 0 Å². The predicted molar refractivity (Wildman–Crippen MR) is 117 cm³/mol. The quantitative estimate of drug-likeness (QED) is 0.469. The van der Waals surface area contributed by atoms with Gasteiger partial charge in [-0.2, -0.15) is 5.10 Å². The number of thiophene rings is 1. The summed E-state index contributed by atoms with van der Waals surface area (Å²) in [5.74, 6) is -0.892. The Morgan fingerprint density at radius 1 is 1.10 bits per heavy atom. The number of unbranched alkanes of at least 4 members (excludes halogenated alkanes) is 2. The van der Waals surface area contributed by atoms with Gasteiger partial charge in [0, 0.05) is 16.8 Å². The lowest BCUT2D eigenvalue weighted by molar-refractivity contribution is 0.0845. The van der Waals surface area contributed by atoms with Gasteiger partial charge in [0.15, 0.2) is 5.69 Å². The molecule has 0 unspecified atom stereocenters. The van der Waals surface area contributed by atoms with Crippen molar-refractivity contribution in [2.45, 2.75) is 52.0 Å². The second kappa shape index (κ2) is 8.79. The number of benzene rings is 1. The second-order valence-corrected chi connectivity index (χ2v) is 8.59. The summed E-state index contributed by atoms with van der Waals surface area (Å²) in [5, 5.41) is 5.22. The van der Waals surface area contributed by atoms with Crippen LogP contribution in [0.3, 0.4) is 0 Å². The highest BCUT2D eigenvalue weighted by molar-refractivity contribution is 7.14. The Morgan fingerprint density at radius 2 is 1.87 bits per heavy atom. The van der Waals surface area contributed by atoms with Crippen LogP contribution in [0.1, 0.15) is 63.2 Å². The van der Waals surface area contributed by atoms with E-state index < -0.39 is 5.91 Å². The highest BCUT2D eigenvalue weighted by Gasteiger charge is 2.20. The predicted octanol–water partition coefficient (Wildman–Crippen LogP) is 3.21. The summed E-state index contributed by atoms with van der Waals surface area (Å²) in [6.45, 7) is 2.53. The number of aromatic nitrogens is 2. The Labute approximate surface area is 178 Å². The normalized spacial score (nSPS) is 12.7. The molecular formula is C22H24N4O3S. The lowest BCUT2D eigenvalue weighted by atomic mass is 10.1. The molecule has 4 rings (SSSR count). The second-order valence-electron chi connectivity index (χ2n) is 7.45. The molecule has 0 spiro atoms. The fourth-order valence-electron chi connectivity index (χ4n) is 3.74. The average molecular weight is 425 g/mol. The topological polar surface area (TPSA) is 93.1 Å². The van der Waals surface area contributed by atoms with E-state index in [2.05, 4.69) is 22.9 Å². The number of rotatable bonds is 6. The summed E-state index contributed by atoms with van der Waals surface area (Å²) in [5.41, 5.74) is 6.07. The molecule has 30 heavy (non-hydrogen) atoms. The zero-order chi connectivity index (χ0) is 21.1. The van der Waals surface area contributed by atoms with Crippen LogP contribution in [-0.2, 0) is 19.4 Å². The SMILES string of the molecule is CCCCCn1nc(C(=O)NNC(=O)c2cc3c(s2)CCC3)c2ccccc2c1=O. The third-order valence-electron chi connectivity index (χ3n) is 5.32. The average Bonchev–Trinajstić information content (AvgIpc) is 3.36. The van der Waals surface area contributed by atoms with Crippen molar-refractivity contribution in [3.05, 3.63) is 61.7 Å². The van der Waals surface area contributed by atoms with Crippen LogP contribution in [0.25, 0.3) is 10.8 Å². The van der Waals surface area contributed by atoms with E-state index in [9.17, 15) is 14.4 Å². The molecule has 1 aliphatic rings. The maximum absolute atomic E-state index is 12.8. The summed E-state index contributed by atoms with van der Waals surface area (Å²) < 4.78 is 1.35. The zero-order valence-corrected chi connectivity index (χ0v) is 17.7. The first kappa shape index (κ1) is 20.3. The summed E-state index contributed by atoms with van der Waals surface area (Å²) in [7, 11) is 0. The molecule has 2 amide bonds. The fourth-order valence-corrected chi connectivity index (χ4v) is 4.89. The van der Waals surface area contributed by atoms with E-state index in [1.54, 1.807) is 24.3 Å². The first-order chi connectivity index (χ1) is 14.6. The number of amides is 2. The first-order valence-corrected chi connectivity index (χ1v) is 11.1. The molecule has 0 saturated heterocycles. The molecule has 1 aliphatic carbocycles. The van der Waals surface area contributed by atoms with Gasteiger partial charge >= 0.3 is 0 Å². The number of fused-ring (bicyclic) bond motifs is 2. The van der Waals surface area contributed by atoms with E-state index in [0.717, 1.165) is 38.5 Å². The number of hydrogen-bond donors (Lipinski definition) is 2. The molecule has 0 saturated carbocycles. The van der Waals surface area contributed by atoms with Crippen molar-refractivity contribution in [1.29, 1.82) is 0 Å². The summed E-state index contributed by atoms with van der Waals surface area (Å²) in [6.07, 6.45) is 5.95. The number of hydrogen-bond acceptors (Lipinski definition) is 5. The van der Waals surface area contributed by atoms with Gasteiger partial charge in [-0.3, -0.25) is 25.2 Å². The van der Waals surface area contributed by atoms with E-state index in [0.29, 0.717) is 22.2 Å². The molecular weight excluding hydrogens is 400 g/mol. The maximum atomic E-state index is 12.8. The number of nitrogens with one attached hydrogen (secondary N) is 2. The van der Waals surface area contributed by atoms with Gasteiger partial charge in [-0.05, 0) is 43.4 Å². The van der Waals surface area contributed by atoms with Crippen LogP contribution in [-0.4, -0.2) is 21.6 Å². The van der Waals surface area contributed by atoms with E-state index in [1.807, 2.05) is 6.07 Å². The standard InChI is InChI=1S/C22H24N4O3S/c1-2-3-6-12-26-22(29)16-10-5-4-9-15(16)19(25-26)21(28)24-23-20(27)18-13-14-8-7-11-17(14)30-18/h4-5,9-10,13H,2-3,6-8,11-12H2,1H3,(H,23,27)(H,24,28). The van der Waals surface area contributed by atoms with Crippen molar-refractivity contribution in [2.24, 2.45) is 0 Å². The van der Waals surface area contributed by atoms with E-state index in [1.165, 1.54) is 26.5 Å². The van der Waals surface area contributed by atoms with E-state index in [-0.39, 0.29) is 17.2 Å². The Balaban J connectivity index is 1.54. The van der Waals surface area contributed by atoms with Crippen molar-refractivity contribution in [3.8, 4) is 0 Å². The van der Waals surface area contributed by atoms with Crippen molar-refractivity contribution in [2.75, 3.05) is 0 Å². The van der Waals surface area contributed by atoms with Crippen LogP contribution in [0.2, 0.25) is 0 Å². The fraction of sp³-hybridized carbons (Fsp3) is 0.364. The largest absolute Gasteiger partial charge is 0.290 e.